The number of carbonyl (C=O) groups is 2. The number of rotatable bonds is 4. The molecule has 1 aromatic heterocycles. The summed E-state index contributed by atoms with van der Waals surface area (Å²) in [5.41, 5.74) is 0. The molecular weight excluding hydrogens is 264 g/mol. The van der Waals surface area contributed by atoms with Crippen molar-refractivity contribution in [2.24, 2.45) is 5.92 Å². The van der Waals surface area contributed by atoms with Gasteiger partial charge in [-0.2, -0.15) is 0 Å². The Morgan fingerprint density at radius 2 is 2.25 bits per heavy atom. The third-order valence-electron chi connectivity index (χ3n) is 3.44. The maximum atomic E-state index is 12.3. The van der Waals surface area contributed by atoms with E-state index in [0.717, 1.165) is 0 Å². The maximum absolute atomic E-state index is 12.3. The molecule has 0 radical (unpaired) electrons. The van der Waals surface area contributed by atoms with Crippen molar-refractivity contribution in [2.75, 3.05) is 27.3 Å². The minimum atomic E-state index is -0.944. The number of ether oxygens (including phenoxy) is 1. The van der Waals surface area contributed by atoms with Gasteiger partial charge < -0.3 is 24.6 Å². The number of hydrogen-bond acceptors (Lipinski definition) is 4. The Hall–Kier alpha value is -2.09. The summed E-state index contributed by atoms with van der Waals surface area (Å²) >= 11 is 0. The molecule has 2 rings (SSSR count). The zero-order valence-electron chi connectivity index (χ0n) is 11.4. The number of H-pyrrole nitrogens is 1. The Balaban J connectivity index is 1.99. The number of hydrogen-bond donors (Lipinski definition) is 2. The summed E-state index contributed by atoms with van der Waals surface area (Å²) in [4.78, 5) is 33.3. The normalized spacial score (nSPS) is 21.7. The second kappa shape index (κ2) is 5.91. The van der Waals surface area contributed by atoms with Gasteiger partial charge in [-0.05, 0) is 0 Å². The molecule has 2 N–H and O–H groups in total. The van der Waals surface area contributed by atoms with E-state index in [4.69, 9.17) is 9.84 Å². The molecule has 20 heavy (non-hydrogen) atoms. The highest BCUT2D eigenvalue weighted by atomic mass is 16.5. The number of aromatic amines is 1. The van der Waals surface area contributed by atoms with Gasteiger partial charge in [0.1, 0.15) is 11.7 Å². The first-order chi connectivity index (χ1) is 9.50. The van der Waals surface area contributed by atoms with Crippen molar-refractivity contribution in [3.8, 4) is 0 Å². The van der Waals surface area contributed by atoms with E-state index in [2.05, 4.69) is 9.97 Å². The number of nitrogens with zero attached hydrogens (tertiary/aromatic N) is 3. The zero-order valence-corrected chi connectivity index (χ0v) is 11.4. The standard InChI is InChI=1S/C12H18N4O4/c1-15(5-10-13-3-4-14-10)12(19)16(2)9-7-20-6-8(9)11(17)18/h3-4,8-9H,5-7H2,1-2H3,(H,13,14)(H,17,18). The monoisotopic (exact) mass is 282 g/mol. The van der Waals surface area contributed by atoms with Crippen LogP contribution in [0.15, 0.2) is 12.4 Å². The van der Waals surface area contributed by atoms with Gasteiger partial charge in [0, 0.05) is 26.5 Å². The molecule has 2 unspecified atom stereocenters. The molecule has 8 heteroatoms. The van der Waals surface area contributed by atoms with Crippen molar-refractivity contribution < 1.29 is 19.4 Å². The van der Waals surface area contributed by atoms with Gasteiger partial charge in [0.05, 0.1) is 25.8 Å². The van der Waals surface area contributed by atoms with Gasteiger partial charge in [-0.15, -0.1) is 0 Å². The number of carboxylic acid groups (broad SMARTS) is 1. The SMILES string of the molecule is CN(Cc1ncc[nH]1)C(=O)N(C)C1COCC1C(=O)O. The maximum Gasteiger partial charge on any atom is 0.320 e. The second-order valence-corrected chi connectivity index (χ2v) is 4.83. The minimum Gasteiger partial charge on any atom is -0.481 e. The van der Waals surface area contributed by atoms with Crippen LogP contribution in [0.3, 0.4) is 0 Å². The fraction of sp³-hybridized carbons (Fsp3) is 0.583. The highest BCUT2D eigenvalue weighted by molar-refractivity contribution is 5.77. The molecule has 2 amide bonds. The lowest BCUT2D eigenvalue weighted by molar-refractivity contribution is -0.142. The molecule has 0 aliphatic carbocycles. The number of urea groups is 1. The predicted octanol–water partition coefficient (Wildman–Crippen LogP) is -0.00710. The van der Waals surface area contributed by atoms with E-state index >= 15 is 0 Å². The van der Waals surface area contributed by atoms with Crippen LogP contribution in [0.4, 0.5) is 4.79 Å². The summed E-state index contributed by atoms with van der Waals surface area (Å²) in [6.45, 7) is 0.717. The van der Waals surface area contributed by atoms with Crippen LogP contribution in [0, 0.1) is 5.92 Å². The van der Waals surface area contributed by atoms with Crippen molar-refractivity contribution in [3.05, 3.63) is 18.2 Å². The first-order valence-electron chi connectivity index (χ1n) is 6.27. The topological polar surface area (TPSA) is 98.8 Å². The van der Waals surface area contributed by atoms with Crippen LogP contribution < -0.4 is 0 Å². The lowest BCUT2D eigenvalue weighted by Gasteiger charge is -2.30. The summed E-state index contributed by atoms with van der Waals surface area (Å²) in [5, 5.41) is 9.11. The van der Waals surface area contributed by atoms with Gasteiger partial charge in [-0.25, -0.2) is 9.78 Å². The zero-order chi connectivity index (χ0) is 14.7. The van der Waals surface area contributed by atoms with Crippen LogP contribution in [0.5, 0.6) is 0 Å². The van der Waals surface area contributed by atoms with Crippen LogP contribution in [-0.4, -0.2) is 70.2 Å². The molecule has 2 atom stereocenters. The Morgan fingerprint density at radius 1 is 1.50 bits per heavy atom. The fourth-order valence-electron chi connectivity index (χ4n) is 2.25. The van der Waals surface area contributed by atoms with Gasteiger partial charge in [0.15, 0.2) is 0 Å². The van der Waals surface area contributed by atoms with Gasteiger partial charge >= 0.3 is 12.0 Å². The van der Waals surface area contributed by atoms with Crippen molar-refractivity contribution in [1.82, 2.24) is 19.8 Å². The Bertz CT molecular complexity index is 476. The summed E-state index contributed by atoms with van der Waals surface area (Å²) in [6.07, 6.45) is 3.30. The quantitative estimate of drug-likeness (QED) is 0.809. The van der Waals surface area contributed by atoms with E-state index in [0.29, 0.717) is 12.4 Å². The van der Waals surface area contributed by atoms with E-state index in [1.54, 1.807) is 26.5 Å². The van der Waals surface area contributed by atoms with Gasteiger partial charge in [-0.1, -0.05) is 0 Å². The molecule has 1 aliphatic heterocycles. The van der Waals surface area contributed by atoms with E-state index in [1.165, 1.54) is 9.80 Å². The Labute approximate surface area is 116 Å². The lowest BCUT2D eigenvalue weighted by atomic mass is 10.0. The average Bonchev–Trinajstić information content (AvgIpc) is 3.07. The van der Waals surface area contributed by atoms with Crippen LogP contribution in [0.1, 0.15) is 5.82 Å². The van der Waals surface area contributed by atoms with Gasteiger partial charge in [0.25, 0.3) is 0 Å². The number of amides is 2. The molecule has 1 fully saturated rings. The van der Waals surface area contributed by atoms with Crippen molar-refractivity contribution in [2.45, 2.75) is 12.6 Å². The molecule has 0 spiro atoms. The summed E-state index contributed by atoms with van der Waals surface area (Å²) in [5.74, 6) is -0.950. The Kier molecular flexibility index (Phi) is 4.23. The number of likely N-dealkylation sites (N-methyl/N-ethyl adjacent to an activating group) is 1. The summed E-state index contributed by atoms with van der Waals surface area (Å²) in [6, 6.07) is -0.706. The van der Waals surface area contributed by atoms with Crippen LogP contribution >= 0.6 is 0 Å². The van der Waals surface area contributed by atoms with E-state index < -0.39 is 17.9 Å². The number of imidazole rings is 1. The summed E-state index contributed by atoms with van der Waals surface area (Å²) < 4.78 is 5.18. The van der Waals surface area contributed by atoms with Crippen molar-refractivity contribution >= 4 is 12.0 Å². The summed E-state index contributed by atoms with van der Waals surface area (Å²) in [7, 11) is 3.24. The van der Waals surface area contributed by atoms with E-state index in [9.17, 15) is 9.59 Å². The molecule has 1 aliphatic rings. The molecule has 8 nitrogen and oxygen atoms in total. The molecule has 0 saturated carbocycles. The van der Waals surface area contributed by atoms with E-state index in [1.807, 2.05) is 0 Å². The first-order valence-corrected chi connectivity index (χ1v) is 6.27. The third kappa shape index (κ3) is 2.90. The second-order valence-electron chi connectivity index (χ2n) is 4.83. The largest absolute Gasteiger partial charge is 0.481 e. The minimum absolute atomic E-state index is 0.138. The molecule has 0 aromatic carbocycles. The van der Waals surface area contributed by atoms with Crippen molar-refractivity contribution in [3.63, 3.8) is 0 Å². The Morgan fingerprint density at radius 3 is 2.85 bits per heavy atom. The smallest absolute Gasteiger partial charge is 0.320 e. The van der Waals surface area contributed by atoms with E-state index in [-0.39, 0.29) is 19.2 Å². The number of aromatic nitrogens is 2. The molecule has 0 bridgehead atoms. The number of nitrogens with one attached hydrogen (secondary N) is 1. The molecule has 1 saturated heterocycles. The van der Waals surface area contributed by atoms with Crippen LogP contribution in [0.25, 0.3) is 0 Å². The highest BCUT2D eigenvalue weighted by Crippen LogP contribution is 2.20. The highest BCUT2D eigenvalue weighted by Gasteiger charge is 2.39. The number of aliphatic carboxylic acids is 1. The third-order valence-corrected chi connectivity index (χ3v) is 3.44. The predicted molar refractivity (Wildman–Crippen MR) is 68.9 cm³/mol. The molecular formula is C12H18N4O4. The molecule has 1 aromatic rings. The molecule has 110 valence electrons. The fourth-order valence-corrected chi connectivity index (χ4v) is 2.25. The number of carboxylic acids is 1. The van der Waals surface area contributed by atoms with Gasteiger partial charge in [0.2, 0.25) is 0 Å². The first kappa shape index (κ1) is 14.3. The van der Waals surface area contributed by atoms with Crippen molar-refractivity contribution in [1.29, 1.82) is 0 Å². The van der Waals surface area contributed by atoms with Crippen LogP contribution in [0.2, 0.25) is 0 Å². The molecule has 2 heterocycles. The van der Waals surface area contributed by atoms with Gasteiger partial charge in [-0.3, -0.25) is 4.79 Å². The lowest BCUT2D eigenvalue weighted by Crippen LogP contribution is -2.48. The average molecular weight is 282 g/mol. The van der Waals surface area contributed by atoms with Crippen LogP contribution in [-0.2, 0) is 16.1 Å². The number of carbonyl (C=O) groups excluding carboxylic acids is 1.